The van der Waals surface area contributed by atoms with Crippen LogP contribution in [0.1, 0.15) is 26.2 Å². The van der Waals surface area contributed by atoms with Crippen molar-refractivity contribution in [2.24, 2.45) is 11.7 Å². The highest BCUT2D eigenvalue weighted by molar-refractivity contribution is 5.85. The molecule has 1 aliphatic rings. The minimum atomic E-state index is 0. The van der Waals surface area contributed by atoms with E-state index in [-0.39, 0.29) is 12.4 Å². The summed E-state index contributed by atoms with van der Waals surface area (Å²) in [5.41, 5.74) is 5.68. The fourth-order valence-electron chi connectivity index (χ4n) is 1.51. The molecule has 0 radical (unpaired) electrons. The predicted molar refractivity (Wildman–Crippen MR) is 49.1 cm³/mol. The summed E-state index contributed by atoms with van der Waals surface area (Å²) in [6.45, 7) is 3.96. The molecular weight excluding hydrogens is 162 g/mol. The molecule has 1 atom stereocenters. The third kappa shape index (κ3) is 4.62. The van der Waals surface area contributed by atoms with Gasteiger partial charge in [-0.25, -0.2) is 0 Å². The molecule has 2 nitrogen and oxygen atoms in total. The summed E-state index contributed by atoms with van der Waals surface area (Å²) in [7, 11) is 0. The van der Waals surface area contributed by atoms with E-state index >= 15 is 0 Å². The molecule has 0 spiro atoms. The van der Waals surface area contributed by atoms with Crippen LogP contribution in [0.25, 0.3) is 0 Å². The third-order valence-corrected chi connectivity index (χ3v) is 2.05. The smallest absolute Gasteiger partial charge is 0.0468 e. The second-order valence-electron chi connectivity index (χ2n) is 3.27. The first-order valence-corrected chi connectivity index (χ1v) is 4.12. The number of nitrogens with two attached hydrogens (primary N) is 1. The molecule has 0 aromatic heterocycles. The Balaban J connectivity index is 0.000001000. The van der Waals surface area contributed by atoms with Gasteiger partial charge < -0.3 is 10.5 Å². The Morgan fingerprint density at radius 3 is 2.45 bits per heavy atom. The summed E-state index contributed by atoms with van der Waals surface area (Å²) in [6.07, 6.45) is 3.59. The van der Waals surface area contributed by atoms with Gasteiger partial charge in [-0.3, -0.25) is 0 Å². The molecule has 0 aromatic carbocycles. The van der Waals surface area contributed by atoms with Crippen LogP contribution in [0.5, 0.6) is 0 Å². The number of halogens is 1. The first kappa shape index (κ1) is 11.2. The largest absolute Gasteiger partial charge is 0.381 e. The molecule has 0 unspecified atom stereocenters. The summed E-state index contributed by atoms with van der Waals surface area (Å²) >= 11 is 0. The van der Waals surface area contributed by atoms with Gasteiger partial charge in [-0.15, -0.1) is 12.4 Å². The Bertz CT molecular complexity index is 92.1. The molecule has 0 aliphatic carbocycles. The molecule has 0 saturated carbocycles. The van der Waals surface area contributed by atoms with E-state index in [2.05, 4.69) is 6.92 Å². The van der Waals surface area contributed by atoms with E-state index in [1.165, 1.54) is 19.3 Å². The number of rotatable bonds is 2. The molecular formula is C8H18ClNO. The van der Waals surface area contributed by atoms with Gasteiger partial charge >= 0.3 is 0 Å². The summed E-state index contributed by atoms with van der Waals surface area (Å²) in [5.74, 6) is 0.828. The van der Waals surface area contributed by atoms with Crippen LogP contribution >= 0.6 is 12.4 Å². The van der Waals surface area contributed by atoms with Gasteiger partial charge in [-0.05, 0) is 32.1 Å². The Labute approximate surface area is 74.9 Å². The molecule has 1 fully saturated rings. The van der Waals surface area contributed by atoms with Gasteiger partial charge in [-0.1, -0.05) is 0 Å². The highest BCUT2D eigenvalue weighted by Gasteiger charge is 2.14. The lowest BCUT2D eigenvalue weighted by molar-refractivity contribution is 0.0624. The standard InChI is InChI=1S/C8H17NO.ClH/c1-7(9)6-8-2-4-10-5-3-8;/h7-8H,2-6,9H2,1H3;1H/t7-;/m1./s1. The number of hydrogen-bond donors (Lipinski definition) is 1. The SMILES string of the molecule is C[C@@H](N)CC1CCOCC1.Cl. The van der Waals surface area contributed by atoms with Gasteiger partial charge in [-0.2, -0.15) is 0 Å². The lowest BCUT2D eigenvalue weighted by Crippen LogP contribution is -2.24. The van der Waals surface area contributed by atoms with Crippen LogP contribution in [-0.4, -0.2) is 19.3 Å². The lowest BCUT2D eigenvalue weighted by atomic mass is 9.93. The molecule has 0 aromatic rings. The van der Waals surface area contributed by atoms with E-state index < -0.39 is 0 Å². The van der Waals surface area contributed by atoms with E-state index in [1.807, 2.05) is 0 Å². The van der Waals surface area contributed by atoms with E-state index in [9.17, 15) is 0 Å². The van der Waals surface area contributed by atoms with E-state index in [0.29, 0.717) is 6.04 Å². The summed E-state index contributed by atoms with van der Waals surface area (Å²) < 4.78 is 5.24. The van der Waals surface area contributed by atoms with Crippen LogP contribution in [0.4, 0.5) is 0 Å². The maximum Gasteiger partial charge on any atom is 0.0468 e. The van der Waals surface area contributed by atoms with E-state index in [0.717, 1.165) is 19.1 Å². The Hall–Kier alpha value is 0.210. The van der Waals surface area contributed by atoms with Crippen LogP contribution in [-0.2, 0) is 4.74 Å². The molecule has 1 rings (SSSR count). The zero-order chi connectivity index (χ0) is 7.40. The highest BCUT2D eigenvalue weighted by atomic mass is 35.5. The average Bonchev–Trinajstić information content (AvgIpc) is 1.88. The van der Waals surface area contributed by atoms with E-state index in [4.69, 9.17) is 10.5 Å². The molecule has 11 heavy (non-hydrogen) atoms. The van der Waals surface area contributed by atoms with Crippen LogP contribution in [0.3, 0.4) is 0 Å². The molecule has 1 saturated heterocycles. The van der Waals surface area contributed by atoms with Crippen molar-refractivity contribution < 1.29 is 4.74 Å². The quantitative estimate of drug-likeness (QED) is 0.699. The third-order valence-electron chi connectivity index (χ3n) is 2.05. The first-order valence-electron chi connectivity index (χ1n) is 4.12. The van der Waals surface area contributed by atoms with Crippen LogP contribution < -0.4 is 5.73 Å². The molecule has 0 bridgehead atoms. The topological polar surface area (TPSA) is 35.2 Å². The Kier molecular flexibility index (Phi) is 5.92. The van der Waals surface area contributed by atoms with Crippen molar-refractivity contribution in [3.05, 3.63) is 0 Å². The highest BCUT2D eigenvalue weighted by Crippen LogP contribution is 2.18. The molecule has 0 amide bonds. The van der Waals surface area contributed by atoms with Crippen LogP contribution in [0.2, 0.25) is 0 Å². The van der Waals surface area contributed by atoms with Crippen molar-refractivity contribution in [3.8, 4) is 0 Å². The van der Waals surface area contributed by atoms with Gasteiger partial charge in [0.05, 0.1) is 0 Å². The fraction of sp³-hybridized carbons (Fsp3) is 1.00. The molecule has 68 valence electrons. The van der Waals surface area contributed by atoms with Gasteiger partial charge in [0.15, 0.2) is 0 Å². The van der Waals surface area contributed by atoms with Gasteiger partial charge in [0, 0.05) is 19.3 Å². The maximum absolute atomic E-state index is 5.68. The van der Waals surface area contributed by atoms with Crippen LogP contribution in [0, 0.1) is 5.92 Å². The summed E-state index contributed by atoms with van der Waals surface area (Å²) in [4.78, 5) is 0. The minimum Gasteiger partial charge on any atom is -0.381 e. The molecule has 1 aliphatic heterocycles. The van der Waals surface area contributed by atoms with Gasteiger partial charge in [0.1, 0.15) is 0 Å². The normalized spacial score (nSPS) is 22.4. The van der Waals surface area contributed by atoms with E-state index in [1.54, 1.807) is 0 Å². The maximum atomic E-state index is 5.68. The zero-order valence-corrected chi connectivity index (χ0v) is 7.90. The average molecular weight is 180 g/mol. The second kappa shape index (κ2) is 5.81. The second-order valence-corrected chi connectivity index (χ2v) is 3.27. The van der Waals surface area contributed by atoms with Crippen molar-refractivity contribution >= 4 is 12.4 Å². The number of ether oxygens (including phenoxy) is 1. The van der Waals surface area contributed by atoms with Gasteiger partial charge in [0.25, 0.3) is 0 Å². The summed E-state index contributed by atoms with van der Waals surface area (Å²) in [6, 6.07) is 0.364. The Morgan fingerprint density at radius 2 is 2.00 bits per heavy atom. The lowest BCUT2D eigenvalue weighted by Gasteiger charge is -2.23. The van der Waals surface area contributed by atoms with Crippen molar-refractivity contribution in [2.75, 3.05) is 13.2 Å². The van der Waals surface area contributed by atoms with Crippen molar-refractivity contribution in [1.82, 2.24) is 0 Å². The minimum absolute atomic E-state index is 0. The number of hydrogen-bond acceptors (Lipinski definition) is 2. The summed E-state index contributed by atoms with van der Waals surface area (Å²) in [5, 5.41) is 0. The first-order chi connectivity index (χ1) is 4.79. The monoisotopic (exact) mass is 179 g/mol. The Morgan fingerprint density at radius 1 is 1.45 bits per heavy atom. The van der Waals surface area contributed by atoms with Crippen molar-refractivity contribution in [3.63, 3.8) is 0 Å². The van der Waals surface area contributed by atoms with Gasteiger partial charge in [0.2, 0.25) is 0 Å². The molecule has 2 N–H and O–H groups in total. The fourth-order valence-corrected chi connectivity index (χ4v) is 1.51. The van der Waals surface area contributed by atoms with Crippen LogP contribution in [0.15, 0.2) is 0 Å². The zero-order valence-electron chi connectivity index (χ0n) is 7.08. The van der Waals surface area contributed by atoms with Crippen molar-refractivity contribution in [2.45, 2.75) is 32.2 Å². The molecule has 3 heteroatoms. The van der Waals surface area contributed by atoms with Crippen molar-refractivity contribution in [1.29, 1.82) is 0 Å². The molecule has 1 heterocycles. The predicted octanol–water partition coefficient (Wildman–Crippen LogP) is 1.57.